The van der Waals surface area contributed by atoms with Crippen LogP contribution in [0.4, 0.5) is 0 Å². The molecule has 0 amide bonds. The molecule has 0 bridgehead atoms. The standard InChI is InChI=1S/C31H48O6/c1-4-7-8-9-10-11-12-13-14-15-16-17-18-19-20-21-22-25-31(34)37-28(26-35-29(32)23-5-2)27-36-30(33)24-6-3/h7-8,10-11,13-14,16-17,19-20,28H,4-6,9,12,15,18,21-27H2,1-3H3/b8-7-,11-10-,14-13-,17-16-,20-19-. The third-order valence-corrected chi connectivity index (χ3v) is 4.98. The van der Waals surface area contributed by atoms with E-state index in [4.69, 9.17) is 14.2 Å². The fraction of sp³-hybridized carbons (Fsp3) is 0.581. The normalized spacial score (nSPS) is 12.1. The van der Waals surface area contributed by atoms with Crippen molar-refractivity contribution in [3.8, 4) is 0 Å². The lowest BCUT2D eigenvalue weighted by molar-refractivity contribution is -0.166. The van der Waals surface area contributed by atoms with Gasteiger partial charge in [-0.15, -0.1) is 0 Å². The lowest BCUT2D eigenvalue weighted by Gasteiger charge is -2.18. The average Bonchev–Trinajstić information content (AvgIpc) is 2.87. The van der Waals surface area contributed by atoms with Crippen LogP contribution in [0.1, 0.15) is 97.8 Å². The first-order valence-corrected chi connectivity index (χ1v) is 13.8. The van der Waals surface area contributed by atoms with Gasteiger partial charge in [-0.3, -0.25) is 14.4 Å². The largest absolute Gasteiger partial charge is 0.462 e. The highest BCUT2D eigenvalue weighted by atomic mass is 16.6. The van der Waals surface area contributed by atoms with Gasteiger partial charge in [-0.1, -0.05) is 81.5 Å². The molecule has 0 heterocycles. The molecule has 0 unspecified atom stereocenters. The molecule has 0 aromatic carbocycles. The Hall–Kier alpha value is -2.89. The van der Waals surface area contributed by atoms with Gasteiger partial charge in [0.15, 0.2) is 6.10 Å². The molecule has 37 heavy (non-hydrogen) atoms. The number of unbranched alkanes of at least 4 members (excludes halogenated alkanes) is 1. The van der Waals surface area contributed by atoms with Crippen LogP contribution in [0.25, 0.3) is 0 Å². The molecule has 6 heteroatoms. The number of hydrogen-bond acceptors (Lipinski definition) is 6. The Bertz CT molecular complexity index is 723. The maximum absolute atomic E-state index is 12.2. The van der Waals surface area contributed by atoms with E-state index in [1.165, 1.54) is 0 Å². The van der Waals surface area contributed by atoms with Gasteiger partial charge in [0.25, 0.3) is 0 Å². The number of carbonyl (C=O) groups excluding carboxylic acids is 3. The molecular weight excluding hydrogens is 468 g/mol. The molecule has 0 saturated heterocycles. The molecule has 0 rings (SSSR count). The highest BCUT2D eigenvalue weighted by molar-refractivity contribution is 5.71. The first-order chi connectivity index (χ1) is 18.0. The van der Waals surface area contributed by atoms with Gasteiger partial charge in [0.2, 0.25) is 0 Å². The molecule has 0 aliphatic carbocycles. The Kier molecular flexibility index (Phi) is 24.1. The summed E-state index contributed by atoms with van der Waals surface area (Å²) in [7, 11) is 0. The van der Waals surface area contributed by atoms with Crippen molar-refractivity contribution in [2.24, 2.45) is 0 Å². The van der Waals surface area contributed by atoms with E-state index < -0.39 is 12.1 Å². The topological polar surface area (TPSA) is 78.9 Å². The molecule has 0 aliphatic rings. The second-order valence-electron chi connectivity index (χ2n) is 8.58. The lowest BCUT2D eigenvalue weighted by Crippen LogP contribution is -2.30. The summed E-state index contributed by atoms with van der Waals surface area (Å²) in [5.41, 5.74) is 0. The number of ether oxygens (including phenoxy) is 3. The minimum atomic E-state index is -0.789. The van der Waals surface area contributed by atoms with E-state index in [0.29, 0.717) is 32.1 Å². The van der Waals surface area contributed by atoms with Gasteiger partial charge < -0.3 is 14.2 Å². The number of hydrogen-bond donors (Lipinski definition) is 0. The molecule has 0 spiro atoms. The van der Waals surface area contributed by atoms with Crippen molar-refractivity contribution in [3.05, 3.63) is 60.8 Å². The van der Waals surface area contributed by atoms with E-state index in [9.17, 15) is 14.4 Å². The Morgan fingerprint density at radius 3 is 1.43 bits per heavy atom. The van der Waals surface area contributed by atoms with Crippen LogP contribution < -0.4 is 0 Å². The second kappa shape index (κ2) is 26.2. The number of rotatable bonds is 22. The van der Waals surface area contributed by atoms with Crippen LogP contribution in [0.15, 0.2) is 60.8 Å². The summed E-state index contributed by atoms with van der Waals surface area (Å²) < 4.78 is 15.7. The van der Waals surface area contributed by atoms with E-state index in [1.54, 1.807) is 0 Å². The zero-order valence-corrected chi connectivity index (χ0v) is 23.2. The van der Waals surface area contributed by atoms with Crippen molar-refractivity contribution in [2.45, 2.75) is 104 Å². The van der Waals surface area contributed by atoms with E-state index in [0.717, 1.165) is 38.5 Å². The minimum Gasteiger partial charge on any atom is -0.462 e. The minimum absolute atomic E-state index is 0.112. The maximum Gasteiger partial charge on any atom is 0.306 e. The van der Waals surface area contributed by atoms with Gasteiger partial charge >= 0.3 is 17.9 Å². The molecule has 0 radical (unpaired) electrons. The Balaban J connectivity index is 4.10. The second-order valence-corrected chi connectivity index (χ2v) is 8.58. The monoisotopic (exact) mass is 516 g/mol. The molecular formula is C31H48O6. The summed E-state index contributed by atoms with van der Waals surface area (Å²) in [5, 5.41) is 0. The molecule has 0 aromatic rings. The zero-order chi connectivity index (χ0) is 27.4. The van der Waals surface area contributed by atoms with Crippen molar-refractivity contribution in [1.29, 1.82) is 0 Å². The van der Waals surface area contributed by atoms with Gasteiger partial charge in [0.05, 0.1) is 0 Å². The van der Waals surface area contributed by atoms with Gasteiger partial charge in [0, 0.05) is 19.3 Å². The first kappa shape index (κ1) is 34.1. The molecule has 0 N–H and O–H groups in total. The quantitative estimate of drug-likeness (QED) is 0.0641. The van der Waals surface area contributed by atoms with E-state index in [1.807, 2.05) is 13.8 Å². The fourth-order valence-corrected chi connectivity index (χ4v) is 3.02. The fourth-order valence-electron chi connectivity index (χ4n) is 3.02. The molecule has 0 atom stereocenters. The van der Waals surface area contributed by atoms with Crippen LogP contribution in [0.5, 0.6) is 0 Å². The summed E-state index contributed by atoms with van der Waals surface area (Å²) in [6, 6.07) is 0. The van der Waals surface area contributed by atoms with Crippen LogP contribution in [0.2, 0.25) is 0 Å². The van der Waals surface area contributed by atoms with Crippen LogP contribution in [0.3, 0.4) is 0 Å². The highest BCUT2D eigenvalue weighted by Crippen LogP contribution is 2.06. The van der Waals surface area contributed by atoms with Gasteiger partial charge in [-0.25, -0.2) is 0 Å². The van der Waals surface area contributed by atoms with Crippen molar-refractivity contribution in [2.75, 3.05) is 13.2 Å². The van der Waals surface area contributed by atoms with E-state index in [-0.39, 0.29) is 31.6 Å². The number of carbonyl (C=O) groups is 3. The Morgan fingerprint density at radius 1 is 0.568 bits per heavy atom. The molecule has 0 fully saturated rings. The molecule has 0 saturated carbocycles. The van der Waals surface area contributed by atoms with Gasteiger partial charge in [-0.2, -0.15) is 0 Å². The van der Waals surface area contributed by atoms with Crippen molar-refractivity contribution < 1.29 is 28.6 Å². The molecule has 208 valence electrons. The summed E-state index contributed by atoms with van der Waals surface area (Å²) in [4.78, 5) is 35.5. The van der Waals surface area contributed by atoms with E-state index in [2.05, 4.69) is 67.7 Å². The first-order valence-electron chi connectivity index (χ1n) is 13.8. The lowest BCUT2D eigenvalue weighted by atomic mass is 10.2. The molecule has 6 nitrogen and oxygen atoms in total. The molecule has 0 aromatic heterocycles. The summed E-state index contributed by atoms with van der Waals surface area (Å²) in [6.07, 6.45) is 29.1. The Labute approximate surface area is 224 Å². The zero-order valence-electron chi connectivity index (χ0n) is 23.2. The third-order valence-electron chi connectivity index (χ3n) is 4.98. The van der Waals surface area contributed by atoms with Crippen molar-refractivity contribution >= 4 is 17.9 Å². The van der Waals surface area contributed by atoms with Crippen molar-refractivity contribution in [3.63, 3.8) is 0 Å². The summed E-state index contributed by atoms with van der Waals surface area (Å²) >= 11 is 0. The SMILES string of the molecule is CC/C=C\C/C=C\C/C=C\C/C=C\C/C=C\CCCC(=O)OC(COC(=O)CCC)COC(=O)CCC. The Morgan fingerprint density at radius 2 is 1.00 bits per heavy atom. The van der Waals surface area contributed by atoms with Crippen LogP contribution in [0, 0.1) is 0 Å². The average molecular weight is 517 g/mol. The third kappa shape index (κ3) is 24.6. The van der Waals surface area contributed by atoms with Crippen LogP contribution in [-0.2, 0) is 28.6 Å². The molecule has 0 aliphatic heterocycles. The predicted molar refractivity (Wildman–Crippen MR) is 150 cm³/mol. The van der Waals surface area contributed by atoms with Crippen LogP contribution >= 0.6 is 0 Å². The van der Waals surface area contributed by atoms with E-state index >= 15 is 0 Å². The van der Waals surface area contributed by atoms with Crippen LogP contribution in [-0.4, -0.2) is 37.2 Å². The highest BCUT2D eigenvalue weighted by Gasteiger charge is 2.19. The number of esters is 3. The van der Waals surface area contributed by atoms with Crippen molar-refractivity contribution in [1.82, 2.24) is 0 Å². The summed E-state index contributed by atoms with van der Waals surface area (Å²) in [5.74, 6) is -1.11. The van der Waals surface area contributed by atoms with Gasteiger partial charge in [0.1, 0.15) is 13.2 Å². The summed E-state index contributed by atoms with van der Waals surface area (Å²) in [6.45, 7) is 5.67. The predicted octanol–water partition coefficient (Wildman–Crippen LogP) is 7.51. The maximum atomic E-state index is 12.2. The van der Waals surface area contributed by atoms with Gasteiger partial charge in [-0.05, 0) is 57.8 Å². The number of allylic oxidation sites excluding steroid dienone is 10. The smallest absolute Gasteiger partial charge is 0.306 e.